The third-order valence-electron chi connectivity index (χ3n) is 8.01. The molecule has 2 aromatic carbocycles. The highest BCUT2D eigenvalue weighted by Crippen LogP contribution is 2.37. The average Bonchev–Trinajstić information content (AvgIpc) is 3.34. The highest BCUT2D eigenvalue weighted by Gasteiger charge is 2.46. The fraction of sp³-hybridized carbons (Fsp3) is 0.545. The van der Waals surface area contributed by atoms with Crippen LogP contribution in [-0.2, 0) is 35.0 Å². The van der Waals surface area contributed by atoms with Crippen LogP contribution in [0.25, 0.3) is 0 Å². The number of ether oxygens (including phenoxy) is 5. The molecule has 0 radical (unpaired) electrons. The minimum Gasteiger partial charge on any atom is -0.497 e. The van der Waals surface area contributed by atoms with E-state index in [2.05, 4.69) is 0 Å². The lowest BCUT2D eigenvalue weighted by Crippen LogP contribution is -2.51. The van der Waals surface area contributed by atoms with Crippen molar-refractivity contribution in [2.24, 2.45) is 23.7 Å². The normalized spacial score (nSPS) is 24.5. The van der Waals surface area contributed by atoms with Crippen LogP contribution in [0.15, 0.2) is 54.6 Å². The Labute approximate surface area is 248 Å². The van der Waals surface area contributed by atoms with Gasteiger partial charge in [0, 0.05) is 23.8 Å². The molecule has 0 saturated carbocycles. The van der Waals surface area contributed by atoms with Crippen LogP contribution in [-0.4, -0.2) is 61.4 Å². The van der Waals surface area contributed by atoms with Gasteiger partial charge in [0.05, 0.1) is 31.8 Å². The topological polar surface area (TPSA) is 101 Å². The number of carbonyl (C=O) groups excluding carboxylic acids is 3. The van der Waals surface area contributed by atoms with Crippen LogP contribution < -0.4 is 4.74 Å². The van der Waals surface area contributed by atoms with E-state index in [1.165, 1.54) is 4.90 Å². The smallest absolute Gasteiger partial charge is 0.416 e. The van der Waals surface area contributed by atoms with Crippen LogP contribution in [0, 0.1) is 23.7 Å². The molecule has 2 amide bonds. The molecule has 0 N–H and O–H groups in total. The van der Waals surface area contributed by atoms with Gasteiger partial charge in [0.1, 0.15) is 18.5 Å². The molecule has 2 heterocycles. The number of benzene rings is 2. The second kappa shape index (κ2) is 14.2. The van der Waals surface area contributed by atoms with Crippen molar-refractivity contribution in [2.75, 3.05) is 20.3 Å². The van der Waals surface area contributed by atoms with E-state index in [1.807, 2.05) is 82.3 Å². The molecule has 228 valence electrons. The van der Waals surface area contributed by atoms with Crippen molar-refractivity contribution in [1.82, 2.24) is 4.90 Å². The lowest BCUT2D eigenvalue weighted by Gasteiger charge is -2.42. The van der Waals surface area contributed by atoms with E-state index < -0.39 is 42.3 Å². The first-order valence-electron chi connectivity index (χ1n) is 14.7. The van der Waals surface area contributed by atoms with Crippen LogP contribution in [0.5, 0.6) is 5.75 Å². The predicted molar refractivity (Wildman–Crippen MR) is 156 cm³/mol. The average molecular weight is 582 g/mol. The molecule has 7 atom stereocenters. The van der Waals surface area contributed by atoms with Crippen molar-refractivity contribution < 1.29 is 38.1 Å². The minimum absolute atomic E-state index is 0.0364. The molecule has 2 aliphatic heterocycles. The largest absolute Gasteiger partial charge is 0.497 e. The number of rotatable bonds is 11. The van der Waals surface area contributed by atoms with Gasteiger partial charge in [-0.3, -0.25) is 9.59 Å². The first-order valence-corrected chi connectivity index (χ1v) is 14.7. The molecule has 9 nitrogen and oxygen atoms in total. The fourth-order valence-electron chi connectivity index (χ4n) is 5.74. The molecule has 0 unspecified atom stereocenters. The second-order valence-corrected chi connectivity index (χ2v) is 11.8. The van der Waals surface area contributed by atoms with Crippen LogP contribution in [0.2, 0.25) is 0 Å². The third kappa shape index (κ3) is 7.50. The van der Waals surface area contributed by atoms with E-state index in [-0.39, 0.29) is 36.9 Å². The highest BCUT2D eigenvalue weighted by molar-refractivity contribution is 5.95. The summed E-state index contributed by atoms with van der Waals surface area (Å²) in [4.78, 5) is 41.0. The lowest BCUT2D eigenvalue weighted by molar-refractivity contribution is -0.258. The molecule has 2 fully saturated rings. The number of imide groups is 1. The molecule has 2 aliphatic rings. The van der Waals surface area contributed by atoms with Gasteiger partial charge in [0.15, 0.2) is 6.29 Å². The Morgan fingerprint density at radius 3 is 2.33 bits per heavy atom. The number of esters is 1. The molecular weight excluding hydrogens is 538 g/mol. The third-order valence-corrected chi connectivity index (χ3v) is 8.01. The van der Waals surface area contributed by atoms with Gasteiger partial charge in [-0.05, 0) is 37.0 Å². The van der Waals surface area contributed by atoms with E-state index in [0.29, 0.717) is 13.0 Å². The van der Waals surface area contributed by atoms with Crippen molar-refractivity contribution in [1.29, 1.82) is 0 Å². The number of methoxy groups -OCH3 is 1. The summed E-state index contributed by atoms with van der Waals surface area (Å²) in [6.07, 6.45) is -1.84. The monoisotopic (exact) mass is 581 g/mol. The zero-order valence-electron chi connectivity index (χ0n) is 25.4. The Balaban J connectivity index is 1.56. The molecule has 0 bridgehead atoms. The van der Waals surface area contributed by atoms with E-state index >= 15 is 0 Å². The maximum Gasteiger partial charge on any atom is 0.416 e. The number of hydrogen-bond acceptors (Lipinski definition) is 8. The predicted octanol–water partition coefficient (Wildman–Crippen LogP) is 5.57. The van der Waals surface area contributed by atoms with E-state index in [1.54, 1.807) is 14.0 Å². The van der Waals surface area contributed by atoms with Crippen molar-refractivity contribution in [3.63, 3.8) is 0 Å². The molecule has 0 aromatic heterocycles. The minimum atomic E-state index is -0.836. The van der Waals surface area contributed by atoms with Crippen molar-refractivity contribution >= 4 is 18.0 Å². The Morgan fingerprint density at radius 2 is 1.69 bits per heavy atom. The Hall–Kier alpha value is -3.43. The molecule has 2 saturated heterocycles. The fourth-order valence-corrected chi connectivity index (χ4v) is 5.74. The Kier molecular flexibility index (Phi) is 10.6. The summed E-state index contributed by atoms with van der Waals surface area (Å²) in [6.45, 7) is 10.1. The van der Waals surface area contributed by atoms with Crippen LogP contribution in [0.3, 0.4) is 0 Å². The summed E-state index contributed by atoms with van der Waals surface area (Å²) in [6, 6.07) is 16.7. The van der Waals surface area contributed by atoms with Gasteiger partial charge in [0.2, 0.25) is 5.91 Å². The standard InChI is InChI=1S/C33H43NO8/c1-20(2)16-28(35)41-30(22(4)29-21(3)18-39-32(42-29)25-12-14-27(38-6)15-13-25)23(5)31(36)34-26(19-40-33(34)37)17-24-10-8-7-9-11-24/h7-15,20-23,26,29-30,32H,16-19H2,1-6H3/t21-,22+,23-,26-,29-,30-,32-/m1/s1. The van der Waals surface area contributed by atoms with Crippen molar-refractivity contribution in [3.05, 3.63) is 65.7 Å². The van der Waals surface area contributed by atoms with Gasteiger partial charge in [-0.1, -0.05) is 70.2 Å². The number of hydrogen-bond donors (Lipinski definition) is 0. The number of carbonyl (C=O) groups is 3. The lowest BCUT2D eigenvalue weighted by atomic mass is 9.82. The van der Waals surface area contributed by atoms with Crippen LogP contribution in [0.1, 0.15) is 58.5 Å². The van der Waals surface area contributed by atoms with Crippen molar-refractivity contribution in [2.45, 2.75) is 72.0 Å². The SMILES string of the molecule is COc1ccc([C@@H]2OC[C@@H](C)[C@H]([C@H](C)[C@@H](OC(=O)CC(C)C)[C@@H](C)C(=O)N3C(=O)OC[C@H]3Cc3ccccc3)O2)cc1. The van der Waals surface area contributed by atoms with Gasteiger partial charge >= 0.3 is 12.1 Å². The number of nitrogens with zero attached hydrogens (tertiary/aromatic N) is 1. The van der Waals surface area contributed by atoms with Gasteiger partial charge in [0.25, 0.3) is 0 Å². The summed E-state index contributed by atoms with van der Waals surface area (Å²) in [5.41, 5.74) is 1.83. The number of amides is 2. The Morgan fingerprint density at radius 1 is 1.00 bits per heavy atom. The summed E-state index contributed by atoms with van der Waals surface area (Å²) in [5.74, 6) is -1.25. The quantitative estimate of drug-likeness (QED) is 0.318. The van der Waals surface area contributed by atoms with Gasteiger partial charge < -0.3 is 23.7 Å². The molecular formula is C33H43NO8. The summed E-state index contributed by atoms with van der Waals surface area (Å²) in [5, 5.41) is 0. The van der Waals surface area contributed by atoms with Crippen LogP contribution in [0.4, 0.5) is 4.79 Å². The van der Waals surface area contributed by atoms with Gasteiger partial charge in [-0.15, -0.1) is 0 Å². The van der Waals surface area contributed by atoms with E-state index in [0.717, 1.165) is 16.9 Å². The maximum absolute atomic E-state index is 14.0. The molecule has 0 aliphatic carbocycles. The highest BCUT2D eigenvalue weighted by atomic mass is 16.7. The van der Waals surface area contributed by atoms with Crippen LogP contribution >= 0.6 is 0 Å². The van der Waals surface area contributed by atoms with E-state index in [4.69, 9.17) is 23.7 Å². The second-order valence-electron chi connectivity index (χ2n) is 11.8. The molecule has 42 heavy (non-hydrogen) atoms. The number of cyclic esters (lactones) is 1. The first kappa shape index (κ1) is 31.5. The first-order chi connectivity index (χ1) is 20.1. The van der Waals surface area contributed by atoms with Gasteiger partial charge in [-0.25, -0.2) is 9.69 Å². The zero-order valence-corrected chi connectivity index (χ0v) is 25.4. The van der Waals surface area contributed by atoms with E-state index in [9.17, 15) is 14.4 Å². The summed E-state index contributed by atoms with van der Waals surface area (Å²) in [7, 11) is 1.61. The summed E-state index contributed by atoms with van der Waals surface area (Å²) < 4.78 is 29.1. The maximum atomic E-state index is 14.0. The molecule has 0 spiro atoms. The zero-order chi connectivity index (χ0) is 30.4. The molecule has 9 heteroatoms. The molecule has 2 aromatic rings. The Bertz CT molecular complexity index is 1200. The van der Waals surface area contributed by atoms with Crippen molar-refractivity contribution in [3.8, 4) is 5.75 Å². The summed E-state index contributed by atoms with van der Waals surface area (Å²) >= 11 is 0. The molecule has 4 rings (SSSR count). The van der Waals surface area contributed by atoms with Gasteiger partial charge in [-0.2, -0.15) is 0 Å².